The first-order chi connectivity index (χ1) is 9.11. The quantitative estimate of drug-likeness (QED) is 0.660. The number of hydrogen-bond acceptors (Lipinski definition) is 4. The summed E-state index contributed by atoms with van der Waals surface area (Å²) in [5.41, 5.74) is 0. The Kier molecular flexibility index (Phi) is 4.76. The SMILES string of the molecule is COCC(NC(=O)C1CC2CCCCC2N1)C(=O)O. The van der Waals surface area contributed by atoms with Crippen LogP contribution in [0.15, 0.2) is 0 Å². The molecule has 6 heteroatoms. The summed E-state index contributed by atoms with van der Waals surface area (Å²) in [5.74, 6) is -0.723. The zero-order valence-corrected chi connectivity index (χ0v) is 11.2. The maximum Gasteiger partial charge on any atom is 0.328 e. The molecule has 2 aliphatic rings. The highest BCUT2D eigenvalue weighted by Crippen LogP contribution is 2.33. The van der Waals surface area contributed by atoms with Crippen molar-refractivity contribution in [3.8, 4) is 0 Å². The Morgan fingerprint density at radius 3 is 2.79 bits per heavy atom. The molecule has 6 nitrogen and oxygen atoms in total. The van der Waals surface area contributed by atoms with Crippen LogP contribution in [0.5, 0.6) is 0 Å². The number of carboxylic acid groups (broad SMARTS) is 1. The molecule has 108 valence electrons. The van der Waals surface area contributed by atoms with E-state index in [1.807, 2.05) is 0 Å². The zero-order chi connectivity index (χ0) is 13.8. The lowest BCUT2D eigenvalue weighted by atomic mass is 9.85. The third-order valence-corrected chi connectivity index (χ3v) is 4.13. The maximum absolute atomic E-state index is 12.1. The number of methoxy groups -OCH3 is 1. The van der Waals surface area contributed by atoms with E-state index in [1.54, 1.807) is 0 Å². The van der Waals surface area contributed by atoms with Gasteiger partial charge >= 0.3 is 5.97 Å². The monoisotopic (exact) mass is 270 g/mol. The summed E-state index contributed by atoms with van der Waals surface area (Å²) >= 11 is 0. The molecule has 2 rings (SSSR count). The Morgan fingerprint density at radius 1 is 1.42 bits per heavy atom. The van der Waals surface area contributed by atoms with Gasteiger partial charge in [-0.15, -0.1) is 0 Å². The molecule has 1 saturated carbocycles. The topological polar surface area (TPSA) is 87.7 Å². The maximum atomic E-state index is 12.1. The molecule has 19 heavy (non-hydrogen) atoms. The highest BCUT2D eigenvalue weighted by Gasteiger charge is 2.39. The van der Waals surface area contributed by atoms with Gasteiger partial charge < -0.3 is 20.5 Å². The van der Waals surface area contributed by atoms with Crippen LogP contribution in [0.2, 0.25) is 0 Å². The highest BCUT2D eigenvalue weighted by molar-refractivity contribution is 5.87. The van der Waals surface area contributed by atoms with Gasteiger partial charge in [0.25, 0.3) is 0 Å². The fourth-order valence-electron chi connectivity index (χ4n) is 3.13. The van der Waals surface area contributed by atoms with Gasteiger partial charge in [0.05, 0.1) is 12.6 Å². The van der Waals surface area contributed by atoms with Gasteiger partial charge in [-0.1, -0.05) is 12.8 Å². The van der Waals surface area contributed by atoms with Gasteiger partial charge in [0.1, 0.15) is 0 Å². The Hall–Kier alpha value is -1.14. The largest absolute Gasteiger partial charge is 0.480 e. The summed E-state index contributed by atoms with van der Waals surface area (Å²) in [5, 5.41) is 14.9. The van der Waals surface area contributed by atoms with Crippen molar-refractivity contribution in [1.29, 1.82) is 0 Å². The van der Waals surface area contributed by atoms with Gasteiger partial charge in [-0.25, -0.2) is 4.79 Å². The molecule has 1 aliphatic heterocycles. The van der Waals surface area contributed by atoms with Gasteiger partial charge in [-0.2, -0.15) is 0 Å². The van der Waals surface area contributed by atoms with Crippen LogP contribution < -0.4 is 10.6 Å². The number of carbonyl (C=O) groups is 2. The molecule has 1 saturated heterocycles. The van der Waals surface area contributed by atoms with Crippen LogP contribution in [0.3, 0.4) is 0 Å². The Labute approximate surface area is 112 Å². The molecule has 2 fully saturated rings. The van der Waals surface area contributed by atoms with E-state index in [4.69, 9.17) is 9.84 Å². The van der Waals surface area contributed by atoms with Crippen molar-refractivity contribution in [2.24, 2.45) is 5.92 Å². The van der Waals surface area contributed by atoms with Crippen LogP contribution >= 0.6 is 0 Å². The first-order valence-electron chi connectivity index (χ1n) is 6.90. The van der Waals surface area contributed by atoms with E-state index in [0.717, 1.165) is 12.8 Å². The standard InChI is InChI=1S/C13H22N2O4/c1-19-7-11(13(17)18)15-12(16)10-6-8-4-2-3-5-9(8)14-10/h8-11,14H,2-7H2,1H3,(H,15,16)(H,17,18). The van der Waals surface area contributed by atoms with Gasteiger partial charge in [0.2, 0.25) is 5.91 Å². The molecule has 4 atom stereocenters. The molecule has 1 amide bonds. The lowest BCUT2D eigenvalue weighted by Gasteiger charge is -2.24. The van der Waals surface area contributed by atoms with Crippen molar-refractivity contribution in [2.75, 3.05) is 13.7 Å². The van der Waals surface area contributed by atoms with Crippen molar-refractivity contribution in [3.05, 3.63) is 0 Å². The molecule has 3 N–H and O–H groups in total. The second-order valence-corrected chi connectivity index (χ2v) is 5.46. The highest BCUT2D eigenvalue weighted by atomic mass is 16.5. The first kappa shape index (κ1) is 14.3. The molecular weight excluding hydrogens is 248 g/mol. The van der Waals surface area contributed by atoms with Crippen molar-refractivity contribution in [3.63, 3.8) is 0 Å². The summed E-state index contributed by atoms with van der Waals surface area (Å²) < 4.78 is 4.81. The Bertz CT molecular complexity index is 334. The number of carboxylic acids is 1. The van der Waals surface area contributed by atoms with Crippen molar-refractivity contribution in [2.45, 2.75) is 50.2 Å². The van der Waals surface area contributed by atoms with Crippen LogP contribution in [0.4, 0.5) is 0 Å². The van der Waals surface area contributed by atoms with E-state index < -0.39 is 12.0 Å². The number of carbonyl (C=O) groups excluding carboxylic acids is 1. The average Bonchev–Trinajstić information content (AvgIpc) is 2.81. The molecule has 0 aromatic heterocycles. The van der Waals surface area contributed by atoms with E-state index in [1.165, 1.54) is 26.4 Å². The molecular formula is C13H22N2O4. The third-order valence-electron chi connectivity index (χ3n) is 4.13. The van der Waals surface area contributed by atoms with Crippen LogP contribution in [0, 0.1) is 5.92 Å². The van der Waals surface area contributed by atoms with E-state index in [2.05, 4.69) is 10.6 Å². The smallest absolute Gasteiger partial charge is 0.328 e. The minimum atomic E-state index is -1.06. The number of hydrogen-bond donors (Lipinski definition) is 3. The van der Waals surface area contributed by atoms with Crippen molar-refractivity contribution in [1.82, 2.24) is 10.6 Å². The number of fused-ring (bicyclic) bond motifs is 1. The predicted molar refractivity (Wildman–Crippen MR) is 68.7 cm³/mol. The second-order valence-electron chi connectivity index (χ2n) is 5.46. The van der Waals surface area contributed by atoms with E-state index in [-0.39, 0.29) is 18.6 Å². The Morgan fingerprint density at radius 2 is 2.16 bits per heavy atom. The van der Waals surface area contributed by atoms with Crippen molar-refractivity contribution >= 4 is 11.9 Å². The molecule has 0 aromatic carbocycles. The minimum Gasteiger partial charge on any atom is -0.480 e. The molecule has 4 unspecified atom stereocenters. The molecule has 0 radical (unpaired) electrons. The molecule has 1 aliphatic carbocycles. The van der Waals surface area contributed by atoms with Crippen molar-refractivity contribution < 1.29 is 19.4 Å². The van der Waals surface area contributed by atoms with Crippen LogP contribution in [-0.2, 0) is 14.3 Å². The summed E-state index contributed by atoms with van der Waals surface area (Å²) in [7, 11) is 1.42. The summed E-state index contributed by atoms with van der Waals surface area (Å²) in [6.45, 7) is -0.0132. The lowest BCUT2D eigenvalue weighted by molar-refractivity contribution is -0.143. The van der Waals surface area contributed by atoms with Gasteiger partial charge in [0.15, 0.2) is 6.04 Å². The molecule has 1 heterocycles. The van der Waals surface area contributed by atoms with Gasteiger partial charge in [0, 0.05) is 13.2 Å². The number of aliphatic carboxylic acids is 1. The fraction of sp³-hybridized carbons (Fsp3) is 0.846. The normalized spacial score (nSPS) is 31.5. The number of amides is 1. The molecule has 0 bridgehead atoms. The van der Waals surface area contributed by atoms with Crippen LogP contribution in [0.1, 0.15) is 32.1 Å². The zero-order valence-electron chi connectivity index (χ0n) is 11.2. The minimum absolute atomic E-state index is 0.0132. The fourth-order valence-corrected chi connectivity index (χ4v) is 3.13. The molecule has 0 aromatic rings. The van der Waals surface area contributed by atoms with Gasteiger partial charge in [-0.05, 0) is 25.2 Å². The second kappa shape index (κ2) is 6.34. The van der Waals surface area contributed by atoms with Crippen LogP contribution in [-0.4, -0.2) is 48.8 Å². The number of rotatable bonds is 5. The third kappa shape index (κ3) is 3.45. The van der Waals surface area contributed by atoms with E-state index in [0.29, 0.717) is 12.0 Å². The lowest BCUT2D eigenvalue weighted by Crippen LogP contribution is -2.50. The Balaban J connectivity index is 1.87. The molecule has 0 spiro atoms. The summed E-state index contributed by atoms with van der Waals surface area (Å²) in [6, 6.07) is -0.802. The van der Waals surface area contributed by atoms with Crippen LogP contribution in [0.25, 0.3) is 0 Å². The van der Waals surface area contributed by atoms with E-state index in [9.17, 15) is 9.59 Å². The summed E-state index contributed by atoms with van der Waals surface area (Å²) in [6.07, 6.45) is 5.55. The number of ether oxygens (including phenoxy) is 1. The number of nitrogens with one attached hydrogen (secondary N) is 2. The van der Waals surface area contributed by atoms with E-state index >= 15 is 0 Å². The predicted octanol–water partition coefficient (Wildman–Crippen LogP) is 0.123. The summed E-state index contributed by atoms with van der Waals surface area (Å²) in [4.78, 5) is 23.1. The van der Waals surface area contributed by atoms with Gasteiger partial charge in [-0.3, -0.25) is 4.79 Å². The first-order valence-corrected chi connectivity index (χ1v) is 6.90. The average molecular weight is 270 g/mol.